The maximum atomic E-state index is 13.6. The van der Waals surface area contributed by atoms with E-state index in [1.165, 1.54) is 24.4 Å². The Bertz CT molecular complexity index is 755. The third-order valence-electron chi connectivity index (χ3n) is 3.37. The first-order chi connectivity index (χ1) is 11.0. The minimum absolute atomic E-state index is 0.0820. The average Bonchev–Trinajstić information content (AvgIpc) is 3.35. The van der Waals surface area contributed by atoms with Gasteiger partial charge in [0.05, 0.1) is 0 Å². The Labute approximate surface area is 130 Å². The molecule has 0 saturated heterocycles. The molecule has 23 heavy (non-hydrogen) atoms. The van der Waals surface area contributed by atoms with Crippen molar-refractivity contribution in [2.75, 3.05) is 5.32 Å². The normalized spacial score (nSPS) is 13.5. The molecular weight excluding hydrogens is 304 g/mol. The van der Waals surface area contributed by atoms with Gasteiger partial charge in [-0.25, -0.2) is 8.78 Å². The lowest BCUT2D eigenvalue weighted by Gasteiger charge is -2.08. The first-order valence-corrected chi connectivity index (χ1v) is 7.07. The number of carbonyl (C=O) groups is 2. The van der Waals surface area contributed by atoms with E-state index in [-0.39, 0.29) is 23.2 Å². The van der Waals surface area contributed by atoms with Crippen molar-refractivity contribution < 1.29 is 18.4 Å². The molecule has 1 aliphatic rings. The van der Waals surface area contributed by atoms with E-state index in [4.69, 9.17) is 0 Å². The van der Waals surface area contributed by atoms with Crippen LogP contribution in [0.25, 0.3) is 0 Å². The molecule has 5 nitrogen and oxygen atoms in total. The number of rotatable bonds is 4. The summed E-state index contributed by atoms with van der Waals surface area (Å²) >= 11 is 0. The number of amides is 2. The fraction of sp³-hybridized carbons (Fsp3) is 0.188. The summed E-state index contributed by atoms with van der Waals surface area (Å²) in [6.07, 6.45) is 3.16. The molecule has 118 valence electrons. The maximum Gasteiger partial charge on any atom is 0.270 e. The zero-order chi connectivity index (χ0) is 16.4. The van der Waals surface area contributed by atoms with Crippen LogP contribution in [0, 0.1) is 11.6 Å². The van der Waals surface area contributed by atoms with Crippen LogP contribution in [0.1, 0.15) is 33.7 Å². The Balaban J connectivity index is 1.78. The molecule has 1 aromatic heterocycles. The lowest BCUT2D eigenvalue weighted by molar-refractivity contribution is 0.0946. The molecule has 0 spiro atoms. The molecule has 0 aliphatic heterocycles. The lowest BCUT2D eigenvalue weighted by Crippen LogP contribution is -2.26. The third-order valence-corrected chi connectivity index (χ3v) is 3.37. The van der Waals surface area contributed by atoms with Crippen LogP contribution in [0.3, 0.4) is 0 Å². The smallest absolute Gasteiger partial charge is 0.270 e. The number of pyridine rings is 1. The van der Waals surface area contributed by atoms with Crippen molar-refractivity contribution in [3.8, 4) is 0 Å². The van der Waals surface area contributed by atoms with Gasteiger partial charge in [-0.3, -0.25) is 14.6 Å². The lowest BCUT2D eigenvalue weighted by atomic mass is 10.2. The third kappa shape index (κ3) is 3.50. The number of hydrogen-bond acceptors (Lipinski definition) is 3. The Morgan fingerprint density at radius 3 is 2.43 bits per heavy atom. The average molecular weight is 317 g/mol. The Morgan fingerprint density at radius 1 is 1.09 bits per heavy atom. The first kappa shape index (κ1) is 15.1. The van der Waals surface area contributed by atoms with Gasteiger partial charge in [-0.1, -0.05) is 6.07 Å². The highest BCUT2D eigenvalue weighted by Gasteiger charge is 2.24. The minimum atomic E-state index is -0.876. The second kappa shape index (κ2) is 6.12. The van der Waals surface area contributed by atoms with Crippen LogP contribution < -0.4 is 10.6 Å². The number of hydrogen-bond donors (Lipinski definition) is 2. The van der Waals surface area contributed by atoms with Crippen LogP contribution in [0.4, 0.5) is 14.5 Å². The molecule has 1 fully saturated rings. The number of nitrogens with one attached hydrogen (secondary N) is 2. The molecule has 2 aromatic rings. The van der Waals surface area contributed by atoms with Gasteiger partial charge in [0.15, 0.2) is 0 Å². The number of anilines is 1. The zero-order valence-electron chi connectivity index (χ0n) is 12.0. The van der Waals surface area contributed by atoms with Crippen LogP contribution in [-0.2, 0) is 0 Å². The van der Waals surface area contributed by atoms with Crippen LogP contribution in [0.2, 0.25) is 0 Å². The van der Waals surface area contributed by atoms with E-state index in [1.54, 1.807) is 0 Å². The van der Waals surface area contributed by atoms with Gasteiger partial charge in [-0.2, -0.15) is 0 Å². The van der Waals surface area contributed by atoms with Crippen molar-refractivity contribution >= 4 is 17.5 Å². The second-order valence-corrected chi connectivity index (χ2v) is 5.23. The first-order valence-electron chi connectivity index (χ1n) is 7.07. The number of benzene rings is 1. The fourth-order valence-electron chi connectivity index (χ4n) is 1.99. The topological polar surface area (TPSA) is 71.1 Å². The number of nitrogens with zero attached hydrogens (tertiary/aromatic N) is 1. The SMILES string of the molecule is O=C(Nc1c(F)cccc1F)c1ccnc(C(=O)NC2CC2)c1. The van der Waals surface area contributed by atoms with E-state index in [9.17, 15) is 18.4 Å². The van der Waals surface area contributed by atoms with Crippen molar-refractivity contribution in [2.45, 2.75) is 18.9 Å². The fourth-order valence-corrected chi connectivity index (χ4v) is 1.99. The van der Waals surface area contributed by atoms with Gasteiger partial charge in [-0.15, -0.1) is 0 Å². The van der Waals surface area contributed by atoms with E-state index in [1.807, 2.05) is 0 Å². The summed E-state index contributed by atoms with van der Waals surface area (Å²) in [7, 11) is 0. The molecule has 2 N–H and O–H groups in total. The summed E-state index contributed by atoms with van der Waals surface area (Å²) in [5.74, 6) is -2.85. The summed E-state index contributed by atoms with van der Waals surface area (Å²) in [6, 6.07) is 6.09. The summed E-state index contributed by atoms with van der Waals surface area (Å²) in [5, 5.41) is 4.92. The molecule has 3 rings (SSSR count). The van der Waals surface area contributed by atoms with Gasteiger partial charge in [0.25, 0.3) is 11.8 Å². The van der Waals surface area contributed by atoms with Gasteiger partial charge < -0.3 is 10.6 Å². The van der Waals surface area contributed by atoms with E-state index < -0.39 is 23.2 Å². The Hall–Kier alpha value is -2.83. The van der Waals surface area contributed by atoms with E-state index >= 15 is 0 Å². The van der Waals surface area contributed by atoms with Crippen LogP contribution >= 0.6 is 0 Å². The molecule has 7 heteroatoms. The summed E-state index contributed by atoms with van der Waals surface area (Å²) in [6.45, 7) is 0. The number of carbonyl (C=O) groups excluding carboxylic acids is 2. The predicted octanol–water partition coefficient (Wildman–Crippen LogP) is 2.50. The predicted molar refractivity (Wildman–Crippen MR) is 79.0 cm³/mol. The summed E-state index contributed by atoms with van der Waals surface area (Å²) in [4.78, 5) is 27.9. The minimum Gasteiger partial charge on any atom is -0.348 e. The highest BCUT2D eigenvalue weighted by Crippen LogP contribution is 2.20. The molecule has 0 radical (unpaired) electrons. The second-order valence-electron chi connectivity index (χ2n) is 5.23. The van der Waals surface area contributed by atoms with Crippen LogP contribution in [0.5, 0.6) is 0 Å². The van der Waals surface area contributed by atoms with Crippen molar-refractivity contribution in [3.05, 3.63) is 59.4 Å². The van der Waals surface area contributed by atoms with E-state index in [0.717, 1.165) is 25.0 Å². The van der Waals surface area contributed by atoms with Crippen molar-refractivity contribution in [2.24, 2.45) is 0 Å². The Kier molecular flexibility index (Phi) is 4.01. The summed E-state index contributed by atoms with van der Waals surface area (Å²) in [5.41, 5.74) is -0.361. The molecule has 2 amide bonds. The molecule has 1 aliphatic carbocycles. The van der Waals surface area contributed by atoms with E-state index in [2.05, 4.69) is 15.6 Å². The monoisotopic (exact) mass is 317 g/mol. The molecule has 0 unspecified atom stereocenters. The molecule has 0 atom stereocenters. The number of aromatic nitrogens is 1. The molecule has 1 saturated carbocycles. The highest BCUT2D eigenvalue weighted by atomic mass is 19.1. The van der Waals surface area contributed by atoms with Crippen molar-refractivity contribution in [1.82, 2.24) is 10.3 Å². The molecule has 0 bridgehead atoms. The van der Waals surface area contributed by atoms with Crippen LogP contribution in [0.15, 0.2) is 36.5 Å². The molecular formula is C16H13F2N3O2. The standard InChI is InChI=1S/C16H13F2N3O2/c17-11-2-1-3-12(18)14(11)21-15(22)9-6-7-19-13(8-9)16(23)20-10-4-5-10/h1-3,6-8,10H,4-5H2,(H,20,23)(H,21,22). The van der Waals surface area contributed by atoms with Gasteiger partial charge in [-0.05, 0) is 37.1 Å². The van der Waals surface area contributed by atoms with Crippen molar-refractivity contribution in [3.63, 3.8) is 0 Å². The quantitative estimate of drug-likeness (QED) is 0.910. The van der Waals surface area contributed by atoms with Gasteiger partial charge in [0, 0.05) is 17.8 Å². The van der Waals surface area contributed by atoms with Gasteiger partial charge in [0.1, 0.15) is 23.0 Å². The van der Waals surface area contributed by atoms with E-state index in [0.29, 0.717) is 0 Å². The van der Waals surface area contributed by atoms with Gasteiger partial charge in [0.2, 0.25) is 0 Å². The maximum absolute atomic E-state index is 13.6. The van der Waals surface area contributed by atoms with Gasteiger partial charge >= 0.3 is 0 Å². The number of halogens is 2. The van der Waals surface area contributed by atoms with Crippen molar-refractivity contribution in [1.29, 1.82) is 0 Å². The Morgan fingerprint density at radius 2 is 1.78 bits per heavy atom. The molecule has 1 heterocycles. The summed E-state index contributed by atoms with van der Waals surface area (Å²) < 4.78 is 27.1. The van der Waals surface area contributed by atoms with Crippen LogP contribution in [-0.4, -0.2) is 22.8 Å². The zero-order valence-corrected chi connectivity index (χ0v) is 12.0. The molecule has 1 aromatic carbocycles. The largest absolute Gasteiger partial charge is 0.348 e. The highest BCUT2D eigenvalue weighted by molar-refractivity contribution is 6.05. The number of para-hydroxylation sites is 1.